The smallest absolute Gasteiger partial charge is 0.260 e. The molecule has 0 bridgehead atoms. The lowest BCUT2D eigenvalue weighted by Gasteiger charge is -2.19. The highest BCUT2D eigenvalue weighted by molar-refractivity contribution is 7.98. The van der Waals surface area contributed by atoms with Crippen molar-refractivity contribution in [3.8, 4) is 11.5 Å². The summed E-state index contributed by atoms with van der Waals surface area (Å²) in [5, 5.41) is 13.2. The molecule has 8 nitrogen and oxygen atoms in total. The number of carbonyl (C=O) groups is 1. The molecule has 0 aliphatic carbocycles. The topological polar surface area (TPSA) is 81.8 Å². The van der Waals surface area contributed by atoms with E-state index in [4.69, 9.17) is 9.47 Å². The number of benzene rings is 1. The van der Waals surface area contributed by atoms with Gasteiger partial charge in [0.2, 0.25) is 5.16 Å². The summed E-state index contributed by atoms with van der Waals surface area (Å²) in [6.45, 7) is 9.42. The zero-order valence-electron chi connectivity index (χ0n) is 17.0. The highest BCUT2D eigenvalue weighted by atomic mass is 32.2. The van der Waals surface area contributed by atoms with Gasteiger partial charge >= 0.3 is 0 Å². The number of aryl methyl sites for hydroxylation is 1. The lowest BCUT2D eigenvalue weighted by molar-refractivity contribution is -0.132. The van der Waals surface area contributed by atoms with E-state index in [1.807, 2.05) is 46.1 Å². The molecule has 0 aliphatic heterocycles. The van der Waals surface area contributed by atoms with E-state index in [2.05, 4.69) is 15.3 Å². The molecule has 0 aliphatic rings. The maximum absolute atomic E-state index is 12.2. The number of thioether (sulfide) groups is 1. The average molecular weight is 406 g/mol. The molecule has 9 heteroatoms. The molecule has 28 heavy (non-hydrogen) atoms. The Morgan fingerprint density at radius 2 is 1.96 bits per heavy atom. The second-order valence-electron chi connectivity index (χ2n) is 5.78. The molecule has 2 rings (SSSR count). The van der Waals surface area contributed by atoms with Gasteiger partial charge < -0.3 is 14.4 Å². The molecule has 1 aromatic heterocycles. The summed E-state index contributed by atoms with van der Waals surface area (Å²) in [7, 11) is 0. The van der Waals surface area contributed by atoms with Gasteiger partial charge in [0.05, 0.1) is 12.8 Å². The molecule has 0 N–H and O–H groups in total. The number of hydrogen-bond acceptors (Lipinski definition) is 7. The van der Waals surface area contributed by atoms with Crippen LogP contribution in [0.1, 0.15) is 32.2 Å². The van der Waals surface area contributed by atoms with E-state index in [1.54, 1.807) is 21.9 Å². The third-order valence-electron chi connectivity index (χ3n) is 4.01. The van der Waals surface area contributed by atoms with E-state index < -0.39 is 0 Å². The Morgan fingerprint density at radius 1 is 1.21 bits per heavy atom. The summed E-state index contributed by atoms with van der Waals surface area (Å²) in [6.07, 6.45) is 3.64. The van der Waals surface area contributed by atoms with Gasteiger partial charge in [-0.15, -0.1) is 10.2 Å². The second kappa shape index (κ2) is 10.7. The molecule has 0 fully saturated rings. The Morgan fingerprint density at radius 3 is 2.61 bits per heavy atom. The fraction of sp³-hybridized carbons (Fsp3) is 0.474. The van der Waals surface area contributed by atoms with Crippen LogP contribution in [0.15, 0.2) is 28.5 Å². The first-order valence-corrected chi connectivity index (χ1v) is 10.4. The van der Waals surface area contributed by atoms with Gasteiger partial charge in [-0.05, 0) is 57.7 Å². The Balaban J connectivity index is 2.16. The van der Waals surface area contributed by atoms with Crippen molar-refractivity contribution in [1.29, 1.82) is 0 Å². The second-order valence-corrected chi connectivity index (χ2v) is 6.56. The van der Waals surface area contributed by atoms with Crippen LogP contribution >= 0.6 is 11.8 Å². The maximum atomic E-state index is 12.2. The highest BCUT2D eigenvalue weighted by Crippen LogP contribution is 2.28. The molecular weight excluding hydrogens is 378 g/mol. The average Bonchev–Trinajstić information content (AvgIpc) is 3.06. The highest BCUT2D eigenvalue weighted by Gasteiger charge is 2.13. The van der Waals surface area contributed by atoms with Crippen LogP contribution in [0.25, 0.3) is 0 Å². The third-order valence-corrected chi connectivity index (χ3v) is 4.63. The molecular formula is C19H27N5O3S. The Labute approximate surface area is 169 Å². The largest absolute Gasteiger partial charge is 0.490 e. The van der Waals surface area contributed by atoms with E-state index in [-0.39, 0.29) is 12.5 Å². The van der Waals surface area contributed by atoms with Crippen molar-refractivity contribution in [2.45, 2.75) is 32.9 Å². The summed E-state index contributed by atoms with van der Waals surface area (Å²) in [5.41, 5.74) is 0.839. The fourth-order valence-corrected chi connectivity index (χ4v) is 3.00. The van der Waals surface area contributed by atoms with E-state index in [0.717, 1.165) is 5.56 Å². The zero-order chi connectivity index (χ0) is 20.5. The van der Waals surface area contributed by atoms with E-state index in [0.29, 0.717) is 42.2 Å². The molecule has 1 amide bonds. The number of aromatic nitrogens is 3. The molecule has 0 atom stereocenters. The van der Waals surface area contributed by atoms with Crippen molar-refractivity contribution in [3.05, 3.63) is 29.6 Å². The van der Waals surface area contributed by atoms with Crippen LogP contribution in [0, 0.1) is 6.92 Å². The van der Waals surface area contributed by atoms with Crippen molar-refractivity contribution in [2.75, 3.05) is 32.6 Å². The number of ether oxygens (including phenoxy) is 2. The fourth-order valence-electron chi connectivity index (χ4n) is 2.52. The quantitative estimate of drug-likeness (QED) is 0.447. The number of likely N-dealkylation sites (N-methyl/N-ethyl adjacent to an activating group) is 1. The normalized spacial score (nSPS) is 11.0. The predicted octanol–water partition coefficient (Wildman–Crippen LogP) is 2.84. The van der Waals surface area contributed by atoms with E-state index in [1.165, 1.54) is 11.8 Å². The lowest BCUT2D eigenvalue weighted by Crippen LogP contribution is -2.34. The molecule has 2 aromatic rings. The zero-order valence-corrected chi connectivity index (χ0v) is 17.8. The molecule has 1 heterocycles. The van der Waals surface area contributed by atoms with Gasteiger partial charge in [0, 0.05) is 13.1 Å². The van der Waals surface area contributed by atoms with Gasteiger partial charge in [0.1, 0.15) is 0 Å². The molecule has 1 aromatic carbocycles. The van der Waals surface area contributed by atoms with Crippen LogP contribution in [0.2, 0.25) is 0 Å². The Kier molecular flexibility index (Phi) is 8.31. The number of carbonyl (C=O) groups excluding carboxylic acids is 1. The first-order chi connectivity index (χ1) is 13.5. The lowest BCUT2D eigenvalue weighted by atomic mass is 10.2. The number of amides is 1. The van der Waals surface area contributed by atoms with Crippen LogP contribution in [-0.4, -0.2) is 64.5 Å². The summed E-state index contributed by atoms with van der Waals surface area (Å²) >= 11 is 1.48. The minimum Gasteiger partial charge on any atom is -0.490 e. The van der Waals surface area contributed by atoms with Gasteiger partial charge in [-0.1, -0.05) is 11.8 Å². The Bertz CT molecular complexity index is 818. The van der Waals surface area contributed by atoms with E-state index in [9.17, 15) is 4.79 Å². The van der Waals surface area contributed by atoms with Gasteiger partial charge in [-0.3, -0.25) is 4.79 Å². The van der Waals surface area contributed by atoms with E-state index >= 15 is 0 Å². The summed E-state index contributed by atoms with van der Waals surface area (Å²) in [5.74, 6) is 1.76. The molecule has 0 unspecified atom stereocenters. The number of rotatable bonds is 10. The van der Waals surface area contributed by atoms with Crippen LogP contribution in [-0.2, 0) is 4.79 Å². The van der Waals surface area contributed by atoms with Crippen LogP contribution in [0.4, 0.5) is 0 Å². The van der Waals surface area contributed by atoms with Crippen molar-refractivity contribution < 1.29 is 14.3 Å². The first kappa shape index (κ1) is 21.7. The molecule has 152 valence electrons. The van der Waals surface area contributed by atoms with Crippen molar-refractivity contribution in [1.82, 2.24) is 19.8 Å². The van der Waals surface area contributed by atoms with Gasteiger partial charge in [0.15, 0.2) is 23.9 Å². The SMILES string of the molecule is CCOc1cc(/C=N\n2c(C)nnc2SC)ccc1OCC(=O)N(CC)CC. The molecule has 0 saturated heterocycles. The first-order valence-electron chi connectivity index (χ1n) is 9.21. The molecule has 0 saturated carbocycles. The van der Waals surface area contributed by atoms with Crippen LogP contribution < -0.4 is 9.47 Å². The minimum atomic E-state index is -0.0502. The standard InChI is InChI=1S/C19H27N5O3S/c1-6-23(7-2)18(25)13-27-16-10-9-15(11-17(16)26-8-3)12-20-24-14(4)21-22-19(24)28-5/h9-12H,6-8,13H2,1-5H3/b20-12-. The van der Waals surface area contributed by atoms with Gasteiger partial charge in [-0.2, -0.15) is 9.78 Å². The monoisotopic (exact) mass is 405 g/mol. The summed E-state index contributed by atoms with van der Waals surface area (Å²) < 4.78 is 13.1. The van der Waals surface area contributed by atoms with Crippen LogP contribution in [0.3, 0.4) is 0 Å². The molecule has 0 radical (unpaired) electrons. The maximum Gasteiger partial charge on any atom is 0.260 e. The van der Waals surface area contributed by atoms with Crippen molar-refractivity contribution in [3.63, 3.8) is 0 Å². The van der Waals surface area contributed by atoms with Crippen molar-refractivity contribution in [2.24, 2.45) is 5.10 Å². The number of hydrogen-bond donors (Lipinski definition) is 0. The predicted molar refractivity (Wildman–Crippen MR) is 111 cm³/mol. The Hall–Kier alpha value is -2.55. The third kappa shape index (κ3) is 5.48. The summed E-state index contributed by atoms with van der Waals surface area (Å²) in [6, 6.07) is 5.49. The summed E-state index contributed by atoms with van der Waals surface area (Å²) in [4.78, 5) is 13.9. The minimum absolute atomic E-state index is 0.0217. The van der Waals surface area contributed by atoms with Crippen molar-refractivity contribution >= 4 is 23.9 Å². The number of nitrogens with zero attached hydrogens (tertiary/aromatic N) is 5. The molecule has 0 spiro atoms. The van der Waals surface area contributed by atoms with Gasteiger partial charge in [-0.25, -0.2) is 0 Å². The van der Waals surface area contributed by atoms with Gasteiger partial charge in [0.25, 0.3) is 5.91 Å². The van der Waals surface area contributed by atoms with Crippen LogP contribution in [0.5, 0.6) is 11.5 Å².